The van der Waals surface area contributed by atoms with E-state index in [1.54, 1.807) is 24.4 Å². The third-order valence-corrected chi connectivity index (χ3v) is 4.39. The second kappa shape index (κ2) is 7.01. The minimum Gasteiger partial charge on any atom is -0.485 e. The van der Waals surface area contributed by atoms with Crippen LogP contribution in [0.5, 0.6) is 5.75 Å². The molecule has 3 aromatic rings. The monoisotopic (exact) mass is 387 g/mol. The van der Waals surface area contributed by atoms with Gasteiger partial charge >= 0.3 is 0 Å². The first-order valence-electron chi connectivity index (χ1n) is 7.45. The zero-order valence-corrected chi connectivity index (χ0v) is 14.5. The highest BCUT2D eigenvalue weighted by molar-refractivity contribution is 9.10. The Kier molecular flexibility index (Phi) is 4.81. The van der Waals surface area contributed by atoms with Crippen LogP contribution in [0.25, 0.3) is 5.69 Å². The van der Waals surface area contributed by atoms with Crippen molar-refractivity contribution < 1.29 is 9.13 Å². The molecule has 0 bridgehead atoms. The third kappa shape index (κ3) is 3.41. The standard InChI is InChI=1S/C19H15BrFNO2/c1-13(14-6-3-2-4-7-14)24-17-10-11-22(19(23)18(17)20)16-9-5-8-15(21)12-16/h2-13H,1H3. The highest BCUT2D eigenvalue weighted by atomic mass is 79.9. The number of pyridine rings is 1. The Morgan fingerprint density at radius 2 is 1.83 bits per heavy atom. The lowest BCUT2D eigenvalue weighted by Gasteiger charge is -2.17. The lowest BCUT2D eigenvalue weighted by Crippen LogP contribution is -2.19. The number of halogens is 2. The van der Waals surface area contributed by atoms with Crippen LogP contribution in [0.15, 0.2) is 76.1 Å². The molecule has 0 saturated heterocycles. The van der Waals surface area contributed by atoms with Gasteiger partial charge < -0.3 is 4.74 Å². The van der Waals surface area contributed by atoms with Gasteiger partial charge in [0, 0.05) is 6.20 Å². The number of hydrogen-bond acceptors (Lipinski definition) is 2. The van der Waals surface area contributed by atoms with E-state index in [1.165, 1.54) is 16.7 Å². The summed E-state index contributed by atoms with van der Waals surface area (Å²) in [6.45, 7) is 1.92. The SMILES string of the molecule is CC(Oc1ccn(-c2cccc(F)c2)c(=O)c1Br)c1ccccc1. The maximum absolute atomic E-state index is 13.4. The smallest absolute Gasteiger partial charge is 0.273 e. The molecule has 0 aliphatic carbocycles. The zero-order valence-electron chi connectivity index (χ0n) is 12.9. The minimum atomic E-state index is -0.395. The second-order valence-electron chi connectivity index (χ2n) is 5.32. The van der Waals surface area contributed by atoms with Gasteiger partial charge in [0.05, 0.1) is 5.69 Å². The molecule has 1 unspecified atom stereocenters. The van der Waals surface area contributed by atoms with Gasteiger partial charge in [-0.15, -0.1) is 0 Å². The van der Waals surface area contributed by atoms with Crippen LogP contribution in [0.1, 0.15) is 18.6 Å². The second-order valence-corrected chi connectivity index (χ2v) is 6.11. The summed E-state index contributed by atoms with van der Waals surface area (Å²) in [5.41, 5.74) is 1.17. The largest absolute Gasteiger partial charge is 0.485 e. The summed E-state index contributed by atoms with van der Waals surface area (Å²) in [4.78, 5) is 12.5. The summed E-state index contributed by atoms with van der Waals surface area (Å²) in [7, 11) is 0. The summed E-state index contributed by atoms with van der Waals surface area (Å²) < 4.78 is 20.9. The fourth-order valence-electron chi connectivity index (χ4n) is 2.40. The molecule has 1 atom stereocenters. The molecule has 24 heavy (non-hydrogen) atoms. The van der Waals surface area contributed by atoms with E-state index in [-0.39, 0.29) is 11.7 Å². The maximum Gasteiger partial charge on any atom is 0.273 e. The Morgan fingerprint density at radius 3 is 2.54 bits per heavy atom. The van der Waals surface area contributed by atoms with Gasteiger partial charge in [0.1, 0.15) is 22.1 Å². The molecule has 0 aliphatic rings. The molecule has 0 amide bonds. The van der Waals surface area contributed by atoms with Crippen LogP contribution in [0.4, 0.5) is 4.39 Å². The molecule has 0 N–H and O–H groups in total. The molecule has 1 aromatic heterocycles. The summed E-state index contributed by atoms with van der Waals surface area (Å²) in [6, 6.07) is 17.3. The fourth-order valence-corrected chi connectivity index (χ4v) is 2.81. The van der Waals surface area contributed by atoms with Crippen molar-refractivity contribution in [3.63, 3.8) is 0 Å². The molecular formula is C19H15BrFNO2. The van der Waals surface area contributed by atoms with Crippen LogP contribution in [-0.4, -0.2) is 4.57 Å². The first kappa shape index (κ1) is 16.5. The van der Waals surface area contributed by atoms with E-state index >= 15 is 0 Å². The number of hydrogen-bond donors (Lipinski definition) is 0. The van der Waals surface area contributed by atoms with Crippen LogP contribution < -0.4 is 10.3 Å². The van der Waals surface area contributed by atoms with E-state index in [4.69, 9.17) is 4.74 Å². The van der Waals surface area contributed by atoms with Crippen LogP contribution in [0, 0.1) is 5.82 Å². The van der Waals surface area contributed by atoms with Gasteiger partial charge in [0.25, 0.3) is 5.56 Å². The quantitative estimate of drug-likeness (QED) is 0.638. The molecule has 122 valence electrons. The lowest BCUT2D eigenvalue weighted by atomic mass is 10.1. The molecule has 2 aromatic carbocycles. The Labute approximate surface area is 147 Å². The van der Waals surface area contributed by atoms with E-state index in [1.807, 2.05) is 37.3 Å². The average molecular weight is 388 g/mol. The van der Waals surface area contributed by atoms with Crippen molar-refractivity contribution in [2.45, 2.75) is 13.0 Å². The van der Waals surface area contributed by atoms with Gasteiger partial charge in [-0.05, 0) is 52.7 Å². The van der Waals surface area contributed by atoms with Crippen LogP contribution >= 0.6 is 15.9 Å². The Bertz CT molecular complexity index is 909. The van der Waals surface area contributed by atoms with Crippen molar-refractivity contribution >= 4 is 15.9 Å². The van der Waals surface area contributed by atoms with Crippen molar-refractivity contribution in [3.8, 4) is 11.4 Å². The van der Waals surface area contributed by atoms with E-state index < -0.39 is 5.82 Å². The number of ether oxygens (including phenoxy) is 1. The summed E-state index contributed by atoms with van der Waals surface area (Å²) >= 11 is 3.30. The van der Waals surface area contributed by atoms with Crippen LogP contribution in [-0.2, 0) is 0 Å². The Morgan fingerprint density at radius 1 is 1.08 bits per heavy atom. The van der Waals surface area contributed by atoms with Gasteiger partial charge in [-0.1, -0.05) is 36.4 Å². The number of benzene rings is 2. The van der Waals surface area contributed by atoms with Gasteiger partial charge in [0.15, 0.2) is 0 Å². The minimum absolute atomic E-state index is 0.202. The average Bonchev–Trinajstić information content (AvgIpc) is 2.60. The van der Waals surface area contributed by atoms with Gasteiger partial charge in [0.2, 0.25) is 0 Å². The van der Waals surface area contributed by atoms with E-state index in [0.29, 0.717) is 15.9 Å². The molecule has 0 radical (unpaired) electrons. The molecule has 0 aliphatic heterocycles. The van der Waals surface area contributed by atoms with Crippen molar-refractivity contribution in [1.29, 1.82) is 0 Å². The topological polar surface area (TPSA) is 31.2 Å². The predicted molar refractivity (Wildman–Crippen MR) is 95.2 cm³/mol. The fraction of sp³-hybridized carbons (Fsp3) is 0.105. The Hall–Kier alpha value is -2.40. The number of aromatic nitrogens is 1. The van der Waals surface area contributed by atoms with Gasteiger partial charge in [-0.3, -0.25) is 9.36 Å². The first-order valence-corrected chi connectivity index (χ1v) is 8.24. The number of rotatable bonds is 4. The third-order valence-electron chi connectivity index (χ3n) is 3.66. The Balaban J connectivity index is 1.92. The number of nitrogens with zero attached hydrogens (tertiary/aromatic N) is 1. The van der Waals surface area contributed by atoms with Crippen molar-refractivity contribution in [2.24, 2.45) is 0 Å². The van der Waals surface area contributed by atoms with E-state index in [2.05, 4.69) is 15.9 Å². The molecule has 3 nitrogen and oxygen atoms in total. The molecule has 0 saturated carbocycles. The van der Waals surface area contributed by atoms with Crippen molar-refractivity contribution in [3.05, 3.63) is 93.1 Å². The zero-order chi connectivity index (χ0) is 17.1. The lowest BCUT2D eigenvalue weighted by molar-refractivity contribution is 0.224. The summed E-state index contributed by atoms with van der Waals surface area (Å²) in [5, 5.41) is 0. The van der Waals surface area contributed by atoms with E-state index in [0.717, 1.165) is 5.56 Å². The predicted octanol–water partition coefficient (Wildman–Crippen LogP) is 4.88. The van der Waals surface area contributed by atoms with Crippen molar-refractivity contribution in [1.82, 2.24) is 4.57 Å². The van der Waals surface area contributed by atoms with Crippen LogP contribution in [0.3, 0.4) is 0 Å². The summed E-state index contributed by atoms with van der Waals surface area (Å²) in [5.74, 6) is 0.0533. The van der Waals surface area contributed by atoms with Crippen LogP contribution in [0.2, 0.25) is 0 Å². The van der Waals surface area contributed by atoms with E-state index in [9.17, 15) is 9.18 Å². The van der Waals surface area contributed by atoms with Crippen molar-refractivity contribution in [2.75, 3.05) is 0 Å². The highest BCUT2D eigenvalue weighted by Crippen LogP contribution is 2.27. The molecule has 5 heteroatoms. The highest BCUT2D eigenvalue weighted by Gasteiger charge is 2.14. The summed E-state index contributed by atoms with van der Waals surface area (Å²) in [6.07, 6.45) is 1.38. The van der Waals surface area contributed by atoms with Gasteiger partial charge in [-0.2, -0.15) is 0 Å². The maximum atomic E-state index is 13.4. The normalized spacial score (nSPS) is 12.0. The molecule has 1 heterocycles. The molecular weight excluding hydrogens is 373 g/mol. The molecule has 0 fully saturated rings. The molecule has 3 rings (SSSR count). The first-order chi connectivity index (χ1) is 11.6. The molecule has 0 spiro atoms. The van der Waals surface area contributed by atoms with Gasteiger partial charge in [-0.25, -0.2) is 4.39 Å².